The molecule has 4 aromatic carbocycles. The molecule has 0 aliphatic rings. The lowest BCUT2D eigenvalue weighted by Gasteiger charge is -2.12. The summed E-state index contributed by atoms with van der Waals surface area (Å²) >= 11 is 3.56. The number of nitrogens with one attached hydrogen (secondary N) is 1. The van der Waals surface area contributed by atoms with E-state index >= 15 is 0 Å². The molecule has 0 aliphatic carbocycles. The predicted molar refractivity (Wildman–Crippen MR) is 161 cm³/mol. The third-order valence-electron chi connectivity index (χ3n) is 6.38. The van der Waals surface area contributed by atoms with E-state index in [1.54, 1.807) is 6.21 Å². The Morgan fingerprint density at radius 2 is 1.64 bits per heavy atom. The Labute approximate surface area is 236 Å². The monoisotopic (exact) mass is 577 g/mol. The molecule has 194 valence electrons. The van der Waals surface area contributed by atoms with Crippen molar-refractivity contribution in [2.75, 3.05) is 0 Å². The molecule has 1 N–H and O–H groups in total. The first-order valence-electron chi connectivity index (χ1n) is 12.6. The Balaban J connectivity index is 1.20. The SMILES string of the molecule is Cc1ccc(COc2ccc(/C=N/NC(=O)c3ccc(-n4c(C)ccc4-c4ccccc4)cc3)cc2Br)cc1. The highest BCUT2D eigenvalue weighted by molar-refractivity contribution is 9.10. The molecule has 5 nitrogen and oxygen atoms in total. The van der Waals surface area contributed by atoms with Gasteiger partial charge in [0, 0.05) is 16.9 Å². The normalized spacial score (nSPS) is 11.1. The molecule has 6 heteroatoms. The van der Waals surface area contributed by atoms with Gasteiger partial charge in [-0.2, -0.15) is 5.10 Å². The summed E-state index contributed by atoms with van der Waals surface area (Å²) in [6.07, 6.45) is 1.61. The van der Waals surface area contributed by atoms with Crippen molar-refractivity contribution in [1.82, 2.24) is 9.99 Å². The standard InChI is InChI=1S/C33H28BrN3O2/c1-23-8-11-25(12-9-23)22-39-32-19-13-26(20-30(32)34)21-35-36-33(38)28-14-16-29(17-15-28)37-24(2)10-18-31(37)27-6-4-3-5-7-27/h3-21H,22H2,1-2H3,(H,36,38)/b35-21+. The van der Waals surface area contributed by atoms with Gasteiger partial charge in [-0.1, -0.05) is 60.2 Å². The zero-order chi connectivity index (χ0) is 27.2. The topological polar surface area (TPSA) is 55.6 Å². The van der Waals surface area contributed by atoms with E-state index in [1.165, 1.54) is 5.56 Å². The van der Waals surface area contributed by atoms with Crippen LogP contribution in [-0.4, -0.2) is 16.7 Å². The van der Waals surface area contributed by atoms with Crippen LogP contribution in [0.4, 0.5) is 0 Å². The summed E-state index contributed by atoms with van der Waals surface area (Å²) in [6.45, 7) is 4.62. The minimum absolute atomic E-state index is 0.276. The minimum Gasteiger partial charge on any atom is -0.488 e. The van der Waals surface area contributed by atoms with Gasteiger partial charge in [0.2, 0.25) is 0 Å². The Kier molecular flexibility index (Phi) is 8.04. The van der Waals surface area contributed by atoms with Crippen molar-refractivity contribution in [2.24, 2.45) is 5.10 Å². The summed E-state index contributed by atoms with van der Waals surface area (Å²) in [5.41, 5.74) is 10.7. The van der Waals surface area contributed by atoms with E-state index < -0.39 is 0 Å². The number of amides is 1. The first-order valence-corrected chi connectivity index (χ1v) is 13.4. The largest absolute Gasteiger partial charge is 0.488 e. The second-order valence-electron chi connectivity index (χ2n) is 9.27. The van der Waals surface area contributed by atoms with Crippen LogP contribution in [0.1, 0.15) is 32.7 Å². The summed E-state index contributed by atoms with van der Waals surface area (Å²) in [5.74, 6) is 0.465. The van der Waals surface area contributed by atoms with Crippen molar-refractivity contribution in [2.45, 2.75) is 20.5 Å². The third kappa shape index (κ3) is 6.36. The molecule has 0 saturated heterocycles. The van der Waals surface area contributed by atoms with Gasteiger partial charge in [-0.15, -0.1) is 0 Å². The highest BCUT2D eigenvalue weighted by Gasteiger charge is 2.11. The second-order valence-corrected chi connectivity index (χ2v) is 10.1. The van der Waals surface area contributed by atoms with Crippen molar-refractivity contribution >= 4 is 28.1 Å². The highest BCUT2D eigenvalue weighted by Crippen LogP contribution is 2.27. The first-order chi connectivity index (χ1) is 19.0. The zero-order valence-corrected chi connectivity index (χ0v) is 23.4. The summed E-state index contributed by atoms with van der Waals surface area (Å²) in [5, 5.41) is 4.14. The average molecular weight is 579 g/mol. The van der Waals surface area contributed by atoms with Crippen LogP contribution in [0, 0.1) is 13.8 Å². The number of rotatable bonds is 8. The summed E-state index contributed by atoms with van der Waals surface area (Å²) in [6, 6.07) is 35.9. The number of hydrogen-bond acceptors (Lipinski definition) is 3. The van der Waals surface area contributed by atoms with Crippen molar-refractivity contribution in [3.05, 3.63) is 142 Å². The lowest BCUT2D eigenvalue weighted by atomic mass is 10.1. The molecule has 0 aliphatic heterocycles. The molecule has 1 amide bonds. The molecule has 0 fully saturated rings. The van der Waals surface area contributed by atoms with E-state index in [-0.39, 0.29) is 5.91 Å². The van der Waals surface area contributed by atoms with Gasteiger partial charge in [0.25, 0.3) is 5.91 Å². The predicted octanol–water partition coefficient (Wildman–Crippen LogP) is 7.87. The lowest BCUT2D eigenvalue weighted by molar-refractivity contribution is 0.0955. The van der Waals surface area contributed by atoms with E-state index in [0.29, 0.717) is 12.2 Å². The van der Waals surface area contributed by atoms with Crippen LogP contribution in [0.5, 0.6) is 5.75 Å². The van der Waals surface area contributed by atoms with Gasteiger partial charge in [0.15, 0.2) is 0 Å². The Morgan fingerprint density at radius 1 is 0.897 bits per heavy atom. The molecule has 5 rings (SSSR count). The number of halogens is 1. The van der Waals surface area contributed by atoms with Crippen LogP contribution in [0.2, 0.25) is 0 Å². The van der Waals surface area contributed by atoms with Crippen molar-refractivity contribution in [1.29, 1.82) is 0 Å². The Hall–Kier alpha value is -4.42. The van der Waals surface area contributed by atoms with E-state index in [9.17, 15) is 4.79 Å². The van der Waals surface area contributed by atoms with E-state index in [4.69, 9.17) is 4.74 Å². The molecule has 0 radical (unpaired) electrons. The van der Waals surface area contributed by atoms with Crippen LogP contribution in [0.25, 0.3) is 16.9 Å². The molecule has 39 heavy (non-hydrogen) atoms. The quantitative estimate of drug-likeness (QED) is 0.151. The van der Waals surface area contributed by atoms with Gasteiger partial charge in [0.05, 0.1) is 16.4 Å². The number of aromatic nitrogens is 1. The third-order valence-corrected chi connectivity index (χ3v) is 7.00. The van der Waals surface area contributed by atoms with E-state index in [2.05, 4.69) is 93.4 Å². The molecule has 1 aromatic heterocycles. The molecule has 0 saturated carbocycles. The summed E-state index contributed by atoms with van der Waals surface area (Å²) in [4.78, 5) is 12.7. The van der Waals surface area contributed by atoms with Gasteiger partial charge in [-0.3, -0.25) is 4.79 Å². The smallest absolute Gasteiger partial charge is 0.271 e. The maximum Gasteiger partial charge on any atom is 0.271 e. The molecular weight excluding hydrogens is 550 g/mol. The molecule has 0 bridgehead atoms. The molecule has 1 heterocycles. The van der Waals surface area contributed by atoms with Crippen LogP contribution >= 0.6 is 15.9 Å². The lowest BCUT2D eigenvalue weighted by Crippen LogP contribution is -2.17. The van der Waals surface area contributed by atoms with Crippen molar-refractivity contribution in [3.63, 3.8) is 0 Å². The molecule has 0 unspecified atom stereocenters. The highest BCUT2D eigenvalue weighted by atomic mass is 79.9. The summed E-state index contributed by atoms with van der Waals surface area (Å²) in [7, 11) is 0. The van der Waals surface area contributed by atoms with Gasteiger partial charge in [0.1, 0.15) is 12.4 Å². The van der Waals surface area contributed by atoms with Gasteiger partial charge < -0.3 is 9.30 Å². The number of hydrogen-bond donors (Lipinski definition) is 1. The molecule has 0 spiro atoms. The fourth-order valence-corrected chi connectivity index (χ4v) is 4.78. The number of ether oxygens (including phenoxy) is 1. The van der Waals surface area contributed by atoms with Gasteiger partial charge in [-0.25, -0.2) is 5.43 Å². The van der Waals surface area contributed by atoms with E-state index in [1.807, 2.05) is 60.7 Å². The summed E-state index contributed by atoms with van der Waals surface area (Å²) < 4.78 is 8.93. The van der Waals surface area contributed by atoms with Gasteiger partial charge in [-0.05, 0) is 101 Å². The van der Waals surface area contributed by atoms with Gasteiger partial charge >= 0.3 is 0 Å². The number of hydrazone groups is 1. The number of aryl methyl sites for hydroxylation is 2. The zero-order valence-electron chi connectivity index (χ0n) is 21.8. The fraction of sp³-hybridized carbons (Fsp3) is 0.0909. The number of benzene rings is 4. The first kappa shape index (κ1) is 26.2. The molecule has 5 aromatic rings. The maximum absolute atomic E-state index is 12.7. The van der Waals surface area contributed by atoms with Crippen LogP contribution in [0.3, 0.4) is 0 Å². The molecular formula is C33H28BrN3O2. The van der Waals surface area contributed by atoms with E-state index in [0.717, 1.165) is 44.0 Å². The number of nitrogens with zero attached hydrogens (tertiary/aromatic N) is 2. The Morgan fingerprint density at radius 3 is 2.36 bits per heavy atom. The van der Waals surface area contributed by atoms with Crippen LogP contribution in [-0.2, 0) is 6.61 Å². The number of carbonyl (C=O) groups is 1. The fourth-order valence-electron chi connectivity index (χ4n) is 4.27. The minimum atomic E-state index is -0.276. The molecule has 0 atom stereocenters. The van der Waals surface area contributed by atoms with Crippen molar-refractivity contribution in [3.8, 4) is 22.7 Å². The maximum atomic E-state index is 12.7. The van der Waals surface area contributed by atoms with Crippen LogP contribution in [0.15, 0.2) is 119 Å². The van der Waals surface area contributed by atoms with Crippen LogP contribution < -0.4 is 10.2 Å². The number of carbonyl (C=O) groups excluding carboxylic acids is 1. The Bertz CT molecular complexity index is 1610. The average Bonchev–Trinajstić information content (AvgIpc) is 3.35. The van der Waals surface area contributed by atoms with Crippen molar-refractivity contribution < 1.29 is 9.53 Å². The second kappa shape index (κ2) is 12.0.